The summed E-state index contributed by atoms with van der Waals surface area (Å²) in [6, 6.07) is 29.7. The molecule has 2 aliphatic heterocycles. The third-order valence-electron chi connectivity index (χ3n) is 8.67. The highest BCUT2D eigenvalue weighted by Gasteiger charge is 2.53. The number of ketones is 1. The first-order valence-electron chi connectivity index (χ1n) is 14.6. The third kappa shape index (κ3) is 5.47. The Balaban J connectivity index is 1.08. The first kappa shape index (κ1) is 28.2. The van der Waals surface area contributed by atoms with Gasteiger partial charge in [0, 0.05) is 5.56 Å². The van der Waals surface area contributed by atoms with Gasteiger partial charge in [-0.25, -0.2) is 0 Å². The fraction of sp³-hybridized carbons (Fsp3) is 0.162. The van der Waals surface area contributed by atoms with Crippen molar-refractivity contribution in [2.45, 2.75) is 24.7 Å². The Bertz CT molecular complexity index is 1870. The van der Waals surface area contributed by atoms with E-state index in [9.17, 15) is 24.0 Å². The van der Waals surface area contributed by atoms with Crippen molar-refractivity contribution in [3.8, 4) is 22.6 Å². The van der Waals surface area contributed by atoms with Gasteiger partial charge in [-0.15, -0.1) is 0 Å². The molecule has 0 aromatic heterocycles. The van der Waals surface area contributed by atoms with Crippen LogP contribution in [-0.4, -0.2) is 29.7 Å². The fourth-order valence-corrected chi connectivity index (χ4v) is 6.43. The minimum atomic E-state index is -0.794. The molecule has 2 heterocycles. The Hall–Kier alpha value is -5.63. The van der Waals surface area contributed by atoms with Crippen molar-refractivity contribution in [1.29, 1.82) is 0 Å². The molecular weight excluding hydrogens is 572 g/mol. The SMILES string of the molecule is O=C1CC(C2CC3C(=O)OC(=O)C3c3cc(Oc4ccc(-c5ccc(/C=C/C(=O)c6ccccc6)cc5)cc4)ccc32)C(=O)O1. The molecule has 2 fully saturated rings. The zero-order valence-electron chi connectivity index (χ0n) is 23.9. The topological polar surface area (TPSA) is 113 Å². The van der Waals surface area contributed by atoms with Gasteiger partial charge >= 0.3 is 23.9 Å². The van der Waals surface area contributed by atoms with E-state index in [1.807, 2.05) is 66.7 Å². The van der Waals surface area contributed by atoms with Crippen molar-refractivity contribution in [1.82, 2.24) is 0 Å². The van der Waals surface area contributed by atoms with E-state index >= 15 is 0 Å². The van der Waals surface area contributed by atoms with Gasteiger partial charge in [-0.2, -0.15) is 0 Å². The standard InChI is InChI=1S/C37H26O8/c38-32(24-4-2-1-3-5-24)17-8-21-6-9-22(10-7-21)23-11-13-25(14-12-23)43-26-15-16-27-28(30-20-33(39)44-35(30)40)19-31-34(29(27)18-26)37(42)45-36(31)41/h1-18,28,30-31,34H,19-20H2/b17-8+. The quantitative estimate of drug-likeness (QED) is 0.104. The molecule has 8 nitrogen and oxygen atoms in total. The van der Waals surface area contributed by atoms with Gasteiger partial charge in [0.25, 0.3) is 0 Å². The molecule has 4 aromatic rings. The molecule has 0 radical (unpaired) electrons. The first-order chi connectivity index (χ1) is 21.8. The molecular formula is C37H26O8. The highest BCUT2D eigenvalue weighted by molar-refractivity contribution is 6.06. The second kappa shape index (κ2) is 11.5. The number of carbonyl (C=O) groups excluding carboxylic acids is 5. The van der Waals surface area contributed by atoms with E-state index in [1.54, 1.807) is 42.5 Å². The van der Waals surface area contributed by atoms with E-state index in [2.05, 4.69) is 0 Å². The maximum atomic E-state index is 12.7. The van der Waals surface area contributed by atoms with E-state index in [4.69, 9.17) is 14.2 Å². The molecule has 0 spiro atoms. The molecule has 2 saturated heterocycles. The molecule has 4 aromatic carbocycles. The summed E-state index contributed by atoms with van der Waals surface area (Å²) in [4.78, 5) is 61.8. The second-order valence-corrected chi connectivity index (χ2v) is 11.4. The maximum absolute atomic E-state index is 12.7. The van der Waals surface area contributed by atoms with Crippen LogP contribution in [0.5, 0.6) is 11.5 Å². The number of esters is 4. The Morgan fingerprint density at radius 2 is 1.33 bits per heavy atom. The monoisotopic (exact) mass is 598 g/mol. The zero-order chi connectivity index (χ0) is 31.1. The normalized spacial score (nSPS) is 22.1. The Labute approximate surface area is 258 Å². The van der Waals surface area contributed by atoms with Gasteiger partial charge < -0.3 is 14.2 Å². The van der Waals surface area contributed by atoms with E-state index in [1.165, 1.54) is 0 Å². The Kier molecular flexibility index (Phi) is 7.17. The van der Waals surface area contributed by atoms with Crippen LogP contribution in [0.25, 0.3) is 17.2 Å². The van der Waals surface area contributed by atoms with Crippen molar-refractivity contribution >= 4 is 35.7 Å². The van der Waals surface area contributed by atoms with E-state index in [-0.39, 0.29) is 18.6 Å². The van der Waals surface area contributed by atoms with E-state index in [0.717, 1.165) is 16.7 Å². The summed E-state index contributed by atoms with van der Waals surface area (Å²) in [6.45, 7) is 0. The largest absolute Gasteiger partial charge is 0.457 e. The number of allylic oxidation sites excluding steroid dienone is 1. The van der Waals surface area contributed by atoms with Crippen LogP contribution >= 0.6 is 0 Å². The molecule has 4 atom stereocenters. The van der Waals surface area contributed by atoms with Gasteiger partial charge in [-0.1, -0.05) is 78.9 Å². The molecule has 222 valence electrons. The summed E-state index contributed by atoms with van der Waals surface area (Å²) < 4.78 is 15.9. The highest BCUT2D eigenvalue weighted by Crippen LogP contribution is 2.51. The molecule has 1 aliphatic carbocycles. The van der Waals surface area contributed by atoms with Crippen LogP contribution in [0.4, 0.5) is 0 Å². The molecule has 3 aliphatic rings. The lowest BCUT2D eigenvalue weighted by molar-refractivity contribution is -0.155. The number of carbonyl (C=O) groups is 5. The van der Waals surface area contributed by atoms with Crippen molar-refractivity contribution in [3.63, 3.8) is 0 Å². The van der Waals surface area contributed by atoms with Crippen LogP contribution in [0.2, 0.25) is 0 Å². The van der Waals surface area contributed by atoms with Crippen LogP contribution in [-0.2, 0) is 28.7 Å². The van der Waals surface area contributed by atoms with E-state index < -0.39 is 47.5 Å². The van der Waals surface area contributed by atoms with Crippen molar-refractivity contribution in [3.05, 3.63) is 125 Å². The van der Waals surface area contributed by atoms with Crippen molar-refractivity contribution in [2.75, 3.05) is 0 Å². The van der Waals surface area contributed by atoms with Crippen molar-refractivity contribution in [2.24, 2.45) is 11.8 Å². The average molecular weight is 599 g/mol. The number of hydrogen-bond donors (Lipinski definition) is 0. The fourth-order valence-electron chi connectivity index (χ4n) is 6.43. The van der Waals surface area contributed by atoms with E-state index in [0.29, 0.717) is 28.2 Å². The number of fused-ring (bicyclic) bond motifs is 3. The molecule has 4 unspecified atom stereocenters. The minimum Gasteiger partial charge on any atom is -0.457 e. The van der Waals surface area contributed by atoms with Crippen LogP contribution in [0.1, 0.15) is 51.7 Å². The second-order valence-electron chi connectivity index (χ2n) is 11.4. The first-order valence-corrected chi connectivity index (χ1v) is 14.6. The number of ether oxygens (including phenoxy) is 3. The maximum Gasteiger partial charge on any atom is 0.321 e. The molecule has 45 heavy (non-hydrogen) atoms. The number of rotatable bonds is 7. The number of cyclic esters (lactones) is 4. The predicted octanol–water partition coefficient (Wildman–Crippen LogP) is 6.40. The summed E-state index contributed by atoms with van der Waals surface area (Å²) in [7, 11) is 0. The molecule has 0 saturated carbocycles. The van der Waals surface area contributed by atoms with Gasteiger partial charge in [-0.05, 0) is 70.5 Å². The van der Waals surface area contributed by atoms with Crippen molar-refractivity contribution < 1.29 is 38.2 Å². The summed E-state index contributed by atoms with van der Waals surface area (Å²) >= 11 is 0. The summed E-state index contributed by atoms with van der Waals surface area (Å²) in [5.74, 6) is -4.19. The van der Waals surface area contributed by atoms with Gasteiger partial charge in [0.2, 0.25) is 0 Å². The van der Waals surface area contributed by atoms with Gasteiger partial charge in [-0.3, -0.25) is 24.0 Å². The molecule has 0 N–H and O–H groups in total. The van der Waals surface area contributed by atoms with Crippen LogP contribution in [0, 0.1) is 11.8 Å². The Morgan fingerprint density at radius 1 is 0.667 bits per heavy atom. The lowest BCUT2D eigenvalue weighted by Gasteiger charge is -2.33. The summed E-state index contributed by atoms with van der Waals surface area (Å²) in [5, 5.41) is 0. The van der Waals surface area contributed by atoms with Gasteiger partial charge in [0.15, 0.2) is 5.78 Å². The van der Waals surface area contributed by atoms with Crippen LogP contribution < -0.4 is 4.74 Å². The molecule has 0 bridgehead atoms. The Morgan fingerprint density at radius 3 is 2.02 bits per heavy atom. The smallest absolute Gasteiger partial charge is 0.321 e. The third-order valence-corrected chi connectivity index (χ3v) is 8.67. The van der Waals surface area contributed by atoms with Gasteiger partial charge in [0.05, 0.1) is 24.2 Å². The average Bonchev–Trinajstić information content (AvgIpc) is 3.55. The molecule has 0 amide bonds. The lowest BCUT2D eigenvalue weighted by Crippen LogP contribution is -2.31. The van der Waals surface area contributed by atoms with Gasteiger partial charge in [0.1, 0.15) is 11.5 Å². The minimum absolute atomic E-state index is 0.0551. The lowest BCUT2D eigenvalue weighted by atomic mass is 9.67. The number of hydrogen-bond acceptors (Lipinski definition) is 8. The highest BCUT2D eigenvalue weighted by atomic mass is 16.6. The van der Waals surface area contributed by atoms with Crippen LogP contribution in [0.3, 0.4) is 0 Å². The summed E-state index contributed by atoms with van der Waals surface area (Å²) in [6.07, 6.45) is 3.51. The summed E-state index contributed by atoms with van der Waals surface area (Å²) in [5.41, 5.74) is 4.79. The zero-order valence-corrected chi connectivity index (χ0v) is 23.9. The number of benzene rings is 4. The van der Waals surface area contributed by atoms with Crippen LogP contribution in [0.15, 0.2) is 103 Å². The molecule has 8 heteroatoms. The molecule has 7 rings (SSSR count). The predicted molar refractivity (Wildman–Crippen MR) is 162 cm³/mol.